The number of carbonyl (C=O) groups excluding carboxylic acids is 3. The molecule has 13 heteroatoms. The number of nitrogens with one attached hydrogen (secondary N) is 2. The Morgan fingerprint density at radius 1 is 0.959 bits per heavy atom. The first-order chi connectivity index (χ1) is 23.0. The number of pyridine rings is 1. The highest BCUT2D eigenvalue weighted by atomic mass is 19.2. The molecule has 4 rings (SSSR count). The Morgan fingerprint density at radius 2 is 1.63 bits per heavy atom. The van der Waals surface area contributed by atoms with Gasteiger partial charge in [0.05, 0.1) is 12.5 Å². The van der Waals surface area contributed by atoms with Crippen LogP contribution in [-0.4, -0.2) is 28.4 Å². The van der Waals surface area contributed by atoms with Crippen molar-refractivity contribution in [2.24, 2.45) is 13.0 Å². The number of esters is 1. The largest absolute Gasteiger partial charge is 0.519 e. The summed E-state index contributed by atoms with van der Waals surface area (Å²) in [4.78, 5) is 64.1. The lowest BCUT2D eigenvalue weighted by molar-refractivity contribution is -0.146. The Kier molecular flexibility index (Phi) is 11.4. The highest BCUT2D eigenvalue weighted by Gasteiger charge is 2.30. The predicted octanol–water partition coefficient (Wildman–Crippen LogP) is 5.25. The lowest BCUT2D eigenvalue weighted by atomic mass is 9.90. The van der Waals surface area contributed by atoms with Gasteiger partial charge in [0.25, 0.3) is 11.5 Å². The second kappa shape index (κ2) is 15.3. The molecule has 2 atom stereocenters. The summed E-state index contributed by atoms with van der Waals surface area (Å²) in [6, 6.07) is 6.34. The van der Waals surface area contributed by atoms with Crippen molar-refractivity contribution < 1.29 is 36.7 Å². The third-order valence-electron chi connectivity index (χ3n) is 7.98. The van der Waals surface area contributed by atoms with E-state index >= 15 is 8.78 Å². The minimum atomic E-state index is -1.48. The number of hydrogen-bond donors (Lipinski definition) is 2. The van der Waals surface area contributed by atoms with Crippen LogP contribution in [0.25, 0.3) is 11.1 Å². The molecule has 0 unspecified atom stereocenters. The van der Waals surface area contributed by atoms with Crippen molar-refractivity contribution in [1.29, 1.82) is 0 Å². The van der Waals surface area contributed by atoms with Crippen LogP contribution < -0.4 is 22.0 Å². The second-order valence-corrected chi connectivity index (χ2v) is 12.5. The predicted molar refractivity (Wildman–Crippen MR) is 176 cm³/mol. The zero-order valence-corrected chi connectivity index (χ0v) is 28.4. The molecule has 0 bridgehead atoms. The molecule has 2 heterocycles. The van der Waals surface area contributed by atoms with Crippen molar-refractivity contribution in [2.45, 2.75) is 73.1 Å². The van der Waals surface area contributed by atoms with Crippen LogP contribution in [0.5, 0.6) is 0 Å². The quantitative estimate of drug-likeness (QED) is 0.193. The van der Waals surface area contributed by atoms with Gasteiger partial charge in [-0.25, -0.2) is 13.6 Å². The number of ether oxygens (including phenoxy) is 1. The minimum Gasteiger partial charge on any atom is -0.457 e. The first-order valence-electron chi connectivity index (χ1n) is 15.6. The molecule has 0 aliphatic rings. The van der Waals surface area contributed by atoms with Crippen molar-refractivity contribution in [1.82, 2.24) is 15.2 Å². The van der Waals surface area contributed by atoms with E-state index in [9.17, 15) is 24.0 Å². The molecule has 2 amide bonds. The fourth-order valence-corrected chi connectivity index (χ4v) is 5.74. The minimum absolute atomic E-state index is 0.0461. The molecule has 0 saturated carbocycles. The maximum atomic E-state index is 15.7. The summed E-state index contributed by atoms with van der Waals surface area (Å²) in [5.74, 6) is -6.13. The standard InChI is InChI=1S/C36H39F2N3O8/c1-18(2)11-28(40-33(43)24-9-8-10-41(7)35(24)45)34(44)39-27(16-30(42)47-17-29-22(6)48-36(46)49-29)25-14-23(15-26(37)32(25)38)31-20(4)12-19(3)13-21(31)5/h8-10,12-15,18,27-28H,11,16-17H2,1-7H3,(H,39,44)(H,40,43)/t27-,28-/m0/s1. The number of rotatable bonds is 12. The third kappa shape index (κ3) is 8.78. The lowest BCUT2D eigenvalue weighted by Gasteiger charge is -2.25. The van der Waals surface area contributed by atoms with Gasteiger partial charge >= 0.3 is 11.8 Å². The second-order valence-electron chi connectivity index (χ2n) is 12.5. The van der Waals surface area contributed by atoms with Gasteiger partial charge in [-0.05, 0) is 86.6 Å². The van der Waals surface area contributed by atoms with E-state index in [0.29, 0.717) is 11.1 Å². The SMILES string of the molecule is Cc1cc(C)c(-c2cc(F)c(F)c([C@H](CC(=O)OCc3oc(=O)oc3C)NC(=O)[C@H](CC(C)C)NC(=O)c3cccn(C)c3=O)c2)c(C)c1. The molecule has 2 aromatic carbocycles. The Hall–Kier alpha value is -5.33. The molecule has 0 aliphatic heterocycles. The lowest BCUT2D eigenvalue weighted by Crippen LogP contribution is -2.49. The van der Waals surface area contributed by atoms with Crippen LogP contribution in [0.4, 0.5) is 8.78 Å². The summed E-state index contributed by atoms with van der Waals surface area (Å²) in [5, 5.41) is 5.20. The normalized spacial score (nSPS) is 12.4. The van der Waals surface area contributed by atoms with Gasteiger partial charge in [0.1, 0.15) is 11.6 Å². The monoisotopic (exact) mass is 679 g/mol. The van der Waals surface area contributed by atoms with E-state index < -0.39 is 65.9 Å². The molecule has 2 aromatic heterocycles. The molecule has 4 aromatic rings. The van der Waals surface area contributed by atoms with Crippen LogP contribution in [0.2, 0.25) is 0 Å². The number of nitrogens with zero attached hydrogens (tertiary/aromatic N) is 1. The third-order valence-corrected chi connectivity index (χ3v) is 7.98. The van der Waals surface area contributed by atoms with Crippen molar-refractivity contribution >= 4 is 17.8 Å². The van der Waals surface area contributed by atoms with Crippen molar-refractivity contribution in [3.8, 4) is 11.1 Å². The van der Waals surface area contributed by atoms with Crippen molar-refractivity contribution in [3.05, 3.63) is 115 Å². The van der Waals surface area contributed by atoms with E-state index in [4.69, 9.17) is 13.6 Å². The summed E-state index contributed by atoms with van der Waals surface area (Å²) in [7, 11) is 1.48. The van der Waals surface area contributed by atoms with Gasteiger partial charge < -0.3 is 28.8 Å². The molecule has 11 nitrogen and oxygen atoms in total. The summed E-state index contributed by atoms with van der Waals surface area (Å²) in [6.45, 7) is 10.1. The van der Waals surface area contributed by atoms with E-state index in [1.54, 1.807) is 0 Å². The fourth-order valence-electron chi connectivity index (χ4n) is 5.74. The highest BCUT2D eigenvalue weighted by molar-refractivity contribution is 5.97. The fraction of sp³-hybridized carbons (Fsp3) is 0.361. The Morgan fingerprint density at radius 3 is 2.24 bits per heavy atom. The molecule has 0 radical (unpaired) electrons. The van der Waals surface area contributed by atoms with Crippen LogP contribution in [-0.2, 0) is 28.0 Å². The first-order valence-corrected chi connectivity index (χ1v) is 15.6. The van der Waals surface area contributed by atoms with E-state index in [1.165, 1.54) is 42.9 Å². The van der Waals surface area contributed by atoms with Gasteiger partial charge in [-0.2, -0.15) is 0 Å². The van der Waals surface area contributed by atoms with Gasteiger partial charge in [-0.1, -0.05) is 31.5 Å². The first kappa shape index (κ1) is 36.5. The van der Waals surface area contributed by atoms with E-state index in [2.05, 4.69) is 10.6 Å². The Balaban J connectivity index is 1.72. The number of carbonyl (C=O) groups is 3. The van der Waals surface area contributed by atoms with E-state index in [0.717, 1.165) is 22.8 Å². The average molecular weight is 680 g/mol. The average Bonchev–Trinajstić information content (AvgIpc) is 3.33. The number of amides is 2. The van der Waals surface area contributed by atoms with Gasteiger partial charge in [-0.15, -0.1) is 0 Å². The molecular formula is C36H39F2N3O8. The molecule has 49 heavy (non-hydrogen) atoms. The number of halogens is 2. The maximum absolute atomic E-state index is 15.7. The summed E-state index contributed by atoms with van der Waals surface area (Å²) in [6.07, 6.45) is 0.920. The van der Waals surface area contributed by atoms with Crippen LogP contribution in [0.1, 0.15) is 76.9 Å². The van der Waals surface area contributed by atoms with Crippen molar-refractivity contribution in [2.75, 3.05) is 0 Å². The highest BCUT2D eigenvalue weighted by Crippen LogP contribution is 2.34. The zero-order chi connectivity index (χ0) is 36.2. The number of hydrogen-bond acceptors (Lipinski definition) is 8. The maximum Gasteiger partial charge on any atom is 0.519 e. The number of aromatic nitrogens is 1. The molecule has 260 valence electrons. The van der Waals surface area contributed by atoms with Gasteiger partial charge in [-0.3, -0.25) is 19.2 Å². The Labute approximate surface area is 281 Å². The Bertz CT molecular complexity index is 1990. The van der Waals surface area contributed by atoms with E-state index in [-0.39, 0.29) is 35.0 Å². The number of benzene rings is 2. The summed E-state index contributed by atoms with van der Waals surface area (Å²) in [5.41, 5.74) is 2.44. The van der Waals surface area contributed by atoms with Crippen LogP contribution in [0.15, 0.2) is 61.0 Å². The smallest absolute Gasteiger partial charge is 0.457 e. The topological polar surface area (TPSA) is 150 Å². The summed E-state index contributed by atoms with van der Waals surface area (Å²) < 4.78 is 47.1. The molecule has 0 spiro atoms. The summed E-state index contributed by atoms with van der Waals surface area (Å²) >= 11 is 0. The zero-order valence-electron chi connectivity index (χ0n) is 28.4. The molecular weight excluding hydrogens is 640 g/mol. The van der Waals surface area contributed by atoms with Crippen molar-refractivity contribution in [3.63, 3.8) is 0 Å². The number of aryl methyl sites for hydroxylation is 5. The molecule has 0 aliphatic carbocycles. The molecule has 2 N–H and O–H groups in total. The molecule has 0 fully saturated rings. The van der Waals surface area contributed by atoms with Gasteiger partial charge in [0, 0.05) is 18.8 Å². The van der Waals surface area contributed by atoms with Crippen LogP contribution >= 0.6 is 0 Å². The molecule has 0 saturated heterocycles. The van der Waals surface area contributed by atoms with Crippen LogP contribution in [0, 0.1) is 45.2 Å². The van der Waals surface area contributed by atoms with Gasteiger partial charge in [0.15, 0.2) is 29.8 Å². The van der Waals surface area contributed by atoms with Gasteiger partial charge in [0.2, 0.25) is 5.91 Å². The van der Waals surface area contributed by atoms with E-state index in [1.807, 2.05) is 46.8 Å². The van der Waals surface area contributed by atoms with Crippen LogP contribution in [0.3, 0.4) is 0 Å².